The molecule has 8 heteroatoms. The Kier molecular flexibility index (Phi) is 5.13. The first-order valence-electron chi connectivity index (χ1n) is 6.99. The molecule has 0 aliphatic rings. The fraction of sp³-hybridized carbons (Fsp3) is 0.0588. The third-order valence-corrected chi connectivity index (χ3v) is 3.13. The van der Waals surface area contributed by atoms with Gasteiger partial charge < -0.3 is 20.3 Å². The predicted octanol–water partition coefficient (Wildman–Crippen LogP) is 2.26. The minimum absolute atomic E-state index is 0.0199. The summed E-state index contributed by atoms with van der Waals surface area (Å²) in [6.07, 6.45) is 0. The molecule has 2 aromatic rings. The number of para-hydroxylation sites is 1. The Morgan fingerprint density at radius 1 is 0.920 bits per heavy atom. The molecule has 0 unspecified atom stereocenters. The van der Waals surface area contributed by atoms with Crippen molar-refractivity contribution in [2.45, 2.75) is 6.92 Å². The normalized spacial score (nSPS) is 9.96. The molecule has 8 nitrogen and oxygen atoms in total. The van der Waals surface area contributed by atoms with E-state index in [1.807, 2.05) is 0 Å². The average molecular weight is 343 g/mol. The summed E-state index contributed by atoms with van der Waals surface area (Å²) in [5.74, 6) is -3.99. The summed E-state index contributed by atoms with van der Waals surface area (Å²) in [6.45, 7) is 1.18. The second-order valence-electron chi connectivity index (χ2n) is 4.91. The predicted molar refractivity (Wildman–Crippen MR) is 86.1 cm³/mol. The van der Waals surface area contributed by atoms with Crippen LogP contribution in [0.5, 0.6) is 5.75 Å². The van der Waals surface area contributed by atoms with Crippen LogP contribution in [-0.4, -0.2) is 34.0 Å². The number of hydrogen-bond donors (Lipinski definition) is 3. The van der Waals surface area contributed by atoms with Gasteiger partial charge in [-0.2, -0.15) is 0 Å². The number of rotatable bonds is 5. The van der Waals surface area contributed by atoms with Gasteiger partial charge in [0.15, 0.2) is 0 Å². The molecular formula is C17H13NO7. The second kappa shape index (κ2) is 7.26. The summed E-state index contributed by atoms with van der Waals surface area (Å²) in [6, 6.07) is 9.23. The van der Waals surface area contributed by atoms with Crippen molar-refractivity contribution in [2.75, 3.05) is 5.32 Å². The number of nitrogens with one attached hydrogen (secondary N) is 1. The van der Waals surface area contributed by atoms with Crippen molar-refractivity contribution in [2.24, 2.45) is 0 Å². The fourth-order valence-electron chi connectivity index (χ4n) is 2.05. The maximum absolute atomic E-state index is 12.4. The molecule has 3 N–H and O–H groups in total. The van der Waals surface area contributed by atoms with E-state index in [1.54, 1.807) is 12.1 Å². The van der Waals surface area contributed by atoms with Crippen LogP contribution in [-0.2, 0) is 4.79 Å². The lowest BCUT2D eigenvalue weighted by atomic mass is 10.1. The summed E-state index contributed by atoms with van der Waals surface area (Å²) < 4.78 is 4.94. The smallest absolute Gasteiger partial charge is 0.337 e. The Hall–Kier alpha value is -3.68. The molecule has 0 radical (unpaired) electrons. The van der Waals surface area contributed by atoms with Gasteiger partial charge in [0, 0.05) is 6.92 Å². The number of aromatic carboxylic acids is 2. The van der Waals surface area contributed by atoms with Crippen LogP contribution in [0.3, 0.4) is 0 Å². The monoisotopic (exact) mass is 343 g/mol. The number of anilines is 1. The third kappa shape index (κ3) is 4.20. The van der Waals surface area contributed by atoms with Crippen molar-refractivity contribution >= 4 is 29.5 Å². The number of carboxylic acids is 2. The number of esters is 1. The fourth-order valence-corrected chi connectivity index (χ4v) is 2.05. The highest BCUT2D eigenvalue weighted by molar-refractivity contribution is 6.10. The lowest BCUT2D eigenvalue weighted by Gasteiger charge is -2.11. The van der Waals surface area contributed by atoms with E-state index < -0.39 is 23.8 Å². The molecule has 2 rings (SSSR count). The highest BCUT2D eigenvalue weighted by atomic mass is 16.5. The molecule has 2 aromatic carbocycles. The molecule has 0 aromatic heterocycles. The molecule has 0 bridgehead atoms. The lowest BCUT2D eigenvalue weighted by molar-refractivity contribution is -0.131. The zero-order valence-electron chi connectivity index (χ0n) is 13.0. The Morgan fingerprint density at radius 3 is 2.20 bits per heavy atom. The first kappa shape index (κ1) is 17.7. The molecule has 0 heterocycles. The standard InChI is InChI=1S/C17H13NO7/c1-9(19)25-14-5-3-2-4-11(14)15(20)18-13-7-6-10(16(21)22)8-12(13)17(23)24/h2-8H,1H3,(H,18,20)(H,21,22)(H,23,24). The largest absolute Gasteiger partial charge is 0.478 e. The summed E-state index contributed by atoms with van der Waals surface area (Å²) in [7, 11) is 0. The molecule has 0 saturated heterocycles. The van der Waals surface area contributed by atoms with Crippen LogP contribution in [0.4, 0.5) is 5.69 Å². The minimum Gasteiger partial charge on any atom is -0.478 e. The first-order chi connectivity index (χ1) is 11.8. The Labute approximate surface area is 141 Å². The van der Waals surface area contributed by atoms with Crippen molar-refractivity contribution < 1.29 is 34.1 Å². The van der Waals surface area contributed by atoms with E-state index in [2.05, 4.69) is 5.32 Å². The molecule has 0 spiro atoms. The number of carbonyl (C=O) groups excluding carboxylic acids is 2. The average Bonchev–Trinajstić information content (AvgIpc) is 2.54. The number of hydrogen-bond acceptors (Lipinski definition) is 5. The molecular weight excluding hydrogens is 330 g/mol. The van der Waals surface area contributed by atoms with Crippen LogP contribution in [0.1, 0.15) is 38.0 Å². The summed E-state index contributed by atoms with van der Waals surface area (Å²) in [4.78, 5) is 45.8. The van der Waals surface area contributed by atoms with E-state index in [-0.39, 0.29) is 28.1 Å². The first-order valence-corrected chi connectivity index (χ1v) is 6.99. The summed E-state index contributed by atoms with van der Waals surface area (Å²) in [5.41, 5.74) is -0.662. The van der Waals surface area contributed by atoms with Crippen LogP contribution in [0.25, 0.3) is 0 Å². The third-order valence-electron chi connectivity index (χ3n) is 3.13. The van der Waals surface area contributed by atoms with Crippen LogP contribution in [0.2, 0.25) is 0 Å². The van der Waals surface area contributed by atoms with Crippen molar-refractivity contribution in [1.29, 1.82) is 0 Å². The van der Waals surface area contributed by atoms with Crippen molar-refractivity contribution in [3.05, 3.63) is 59.2 Å². The molecule has 0 fully saturated rings. The number of ether oxygens (including phenoxy) is 1. The Balaban J connectivity index is 2.37. The maximum Gasteiger partial charge on any atom is 0.337 e. The summed E-state index contributed by atoms with van der Waals surface area (Å²) in [5, 5.41) is 20.5. The maximum atomic E-state index is 12.4. The van der Waals surface area contributed by atoms with E-state index >= 15 is 0 Å². The van der Waals surface area contributed by atoms with Gasteiger partial charge in [0.2, 0.25) is 0 Å². The topological polar surface area (TPSA) is 130 Å². The van der Waals surface area contributed by atoms with Crippen molar-refractivity contribution in [3.63, 3.8) is 0 Å². The number of carboxylic acid groups (broad SMARTS) is 2. The SMILES string of the molecule is CC(=O)Oc1ccccc1C(=O)Nc1ccc(C(=O)O)cc1C(=O)O. The van der Waals surface area contributed by atoms with Gasteiger partial charge in [-0.1, -0.05) is 12.1 Å². The molecule has 128 valence electrons. The van der Waals surface area contributed by atoms with Crippen LogP contribution >= 0.6 is 0 Å². The van der Waals surface area contributed by atoms with Gasteiger partial charge in [0.1, 0.15) is 5.75 Å². The second-order valence-corrected chi connectivity index (χ2v) is 4.91. The summed E-state index contributed by atoms with van der Waals surface area (Å²) >= 11 is 0. The molecule has 0 aliphatic heterocycles. The molecule has 0 atom stereocenters. The van der Waals surface area contributed by atoms with Gasteiger partial charge in [0.25, 0.3) is 5.91 Å². The zero-order chi connectivity index (χ0) is 18.6. The van der Waals surface area contributed by atoms with Gasteiger partial charge in [-0.3, -0.25) is 9.59 Å². The quantitative estimate of drug-likeness (QED) is 0.560. The number of benzene rings is 2. The van der Waals surface area contributed by atoms with E-state index in [0.717, 1.165) is 6.07 Å². The molecule has 1 amide bonds. The van der Waals surface area contributed by atoms with Gasteiger partial charge >= 0.3 is 17.9 Å². The zero-order valence-corrected chi connectivity index (χ0v) is 13.0. The number of amides is 1. The molecule has 0 saturated carbocycles. The van der Waals surface area contributed by atoms with E-state index in [1.165, 1.54) is 31.2 Å². The van der Waals surface area contributed by atoms with Gasteiger partial charge in [-0.25, -0.2) is 9.59 Å². The van der Waals surface area contributed by atoms with E-state index in [0.29, 0.717) is 0 Å². The minimum atomic E-state index is -1.40. The highest BCUT2D eigenvalue weighted by Gasteiger charge is 2.19. The Bertz CT molecular complexity index is 873. The van der Waals surface area contributed by atoms with Gasteiger partial charge in [-0.05, 0) is 30.3 Å². The molecule has 25 heavy (non-hydrogen) atoms. The molecule has 0 aliphatic carbocycles. The van der Waals surface area contributed by atoms with Crippen LogP contribution < -0.4 is 10.1 Å². The van der Waals surface area contributed by atoms with Gasteiger partial charge in [-0.15, -0.1) is 0 Å². The lowest BCUT2D eigenvalue weighted by Crippen LogP contribution is -2.17. The van der Waals surface area contributed by atoms with E-state index in [4.69, 9.17) is 9.84 Å². The number of carbonyl (C=O) groups is 4. The highest BCUT2D eigenvalue weighted by Crippen LogP contribution is 2.23. The van der Waals surface area contributed by atoms with Crippen LogP contribution in [0, 0.1) is 0 Å². The van der Waals surface area contributed by atoms with Crippen molar-refractivity contribution in [3.8, 4) is 5.75 Å². The van der Waals surface area contributed by atoms with Crippen LogP contribution in [0.15, 0.2) is 42.5 Å². The van der Waals surface area contributed by atoms with E-state index in [9.17, 15) is 24.3 Å². The van der Waals surface area contributed by atoms with Gasteiger partial charge in [0.05, 0.1) is 22.4 Å². The Morgan fingerprint density at radius 2 is 1.60 bits per heavy atom. The van der Waals surface area contributed by atoms with Crippen molar-refractivity contribution in [1.82, 2.24) is 0 Å².